The van der Waals surface area contributed by atoms with Crippen LogP contribution in [-0.2, 0) is 11.8 Å². The number of rotatable bonds is 8. The Morgan fingerprint density at radius 3 is 2.43 bits per heavy atom. The van der Waals surface area contributed by atoms with Gasteiger partial charge in [0, 0.05) is 81.6 Å². The van der Waals surface area contributed by atoms with Gasteiger partial charge in [0.05, 0.1) is 22.9 Å². The van der Waals surface area contributed by atoms with Crippen molar-refractivity contribution in [2.75, 3.05) is 54.9 Å². The van der Waals surface area contributed by atoms with Crippen molar-refractivity contribution in [3.63, 3.8) is 0 Å². The van der Waals surface area contributed by atoms with Crippen LogP contribution in [0.1, 0.15) is 86.5 Å². The van der Waals surface area contributed by atoms with Crippen molar-refractivity contribution in [2.45, 2.75) is 70.8 Å². The van der Waals surface area contributed by atoms with Gasteiger partial charge in [-0.1, -0.05) is 25.3 Å². The number of nitrogens with one attached hydrogen (secondary N) is 2. The predicted molar refractivity (Wildman–Crippen MR) is 210 cm³/mol. The van der Waals surface area contributed by atoms with E-state index >= 15 is 0 Å². The zero-order chi connectivity index (χ0) is 39.5. The first kappa shape index (κ1) is 38.6. The maximum atomic E-state index is 13.0. The number of imide groups is 1. The highest BCUT2D eigenvalue weighted by atomic mass is 19.3. The number of halogens is 2. The Kier molecular flexibility index (Phi) is 11.5. The number of imidazole rings is 1. The molecule has 0 radical (unpaired) electrons. The molecule has 0 unspecified atom stereocenters. The van der Waals surface area contributed by atoms with Crippen LogP contribution in [0.5, 0.6) is 5.75 Å². The molecule has 8 rings (SSSR count). The first-order chi connectivity index (χ1) is 26.9. The summed E-state index contributed by atoms with van der Waals surface area (Å²) in [7, 11) is 4.02. The summed E-state index contributed by atoms with van der Waals surface area (Å²) in [6, 6.07) is 11.7. The molecule has 16 heteroatoms. The van der Waals surface area contributed by atoms with E-state index in [1.165, 1.54) is 43.1 Å². The van der Waals surface area contributed by atoms with Crippen molar-refractivity contribution in [3.05, 3.63) is 71.8 Å². The van der Waals surface area contributed by atoms with Gasteiger partial charge in [0.2, 0.25) is 5.91 Å². The molecule has 1 saturated carbocycles. The van der Waals surface area contributed by atoms with Gasteiger partial charge in [0.25, 0.3) is 12.3 Å². The van der Waals surface area contributed by atoms with E-state index in [0.29, 0.717) is 36.1 Å². The maximum Gasteiger partial charge on any atom is 0.329 e. The number of carbonyl (C=O) groups is 3. The molecule has 2 N–H and O–H groups in total. The lowest BCUT2D eigenvalue weighted by atomic mass is 9.87. The molecule has 3 aliphatic rings. The fourth-order valence-corrected chi connectivity index (χ4v) is 7.43. The number of ether oxygens (including phenoxy) is 1. The van der Waals surface area contributed by atoms with E-state index in [-0.39, 0.29) is 23.4 Å². The zero-order valence-electron chi connectivity index (χ0n) is 32.2. The van der Waals surface area contributed by atoms with Crippen LogP contribution in [0.3, 0.4) is 0 Å². The van der Waals surface area contributed by atoms with Crippen molar-refractivity contribution in [1.29, 1.82) is 0 Å². The molecule has 14 nitrogen and oxygen atoms in total. The number of piperazine rings is 1. The number of likely N-dealkylation sites (N-methyl/N-ethyl adjacent to an activating group) is 1. The molecule has 56 heavy (non-hydrogen) atoms. The van der Waals surface area contributed by atoms with Gasteiger partial charge in [-0.05, 0) is 64.1 Å². The number of alkyl halides is 2. The zero-order valence-corrected chi connectivity index (χ0v) is 32.2. The van der Waals surface area contributed by atoms with E-state index in [9.17, 15) is 23.2 Å². The van der Waals surface area contributed by atoms with E-state index in [1.807, 2.05) is 37.6 Å². The van der Waals surface area contributed by atoms with Gasteiger partial charge in [-0.3, -0.25) is 24.5 Å². The molecule has 4 aromatic heterocycles. The van der Waals surface area contributed by atoms with Gasteiger partial charge in [-0.15, -0.1) is 0 Å². The third-order valence-electron chi connectivity index (χ3n) is 10.4. The average molecular weight is 771 g/mol. The van der Waals surface area contributed by atoms with Gasteiger partial charge in [0.15, 0.2) is 5.82 Å². The summed E-state index contributed by atoms with van der Waals surface area (Å²) in [6.07, 6.45) is 7.01. The summed E-state index contributed by atoms with van der Waals surface area (Å²) in [4.78, 5) is 51.3. The molecule has 2 aliphatic heterocycles. The van der Waals surface area contributed by atoms with Gasteiger partial charge in [0.1, 0.15) is 22.9 Å². The van der Waals surface area contributed by atoms with Crippen LogP contribution >= 0.6 is 0 Å². The van der Waals surface area contributed by atoms with Crippen LogP contribution in [0, 0.1) is 0 Å². The number of nitrogens with zero attached hydrogens (tertiary/aromatic N) is 8. The highest BCUT2D eigenvalue weighted by molar-refractivity contribution is 6.09. The molecule has 4 amide bonds. The number of carbonyl (C=O) groups excluding carboxylic acids is 3. The van der Waals surface area contributed by atoms with Crippen molar-refractivity contribution in [3.8, 4) is 5.75 Å². The van der Waals surface area contributed by atoms with Gasteiger partial charge < -0.3 is 24.3 Å². The normalized spacial score (nSPS) is 17.1. The molecule has 1 aliphatic carbocycles. The molecule has 296 valence electrons. The van der Waals surface area contributed by atoms with Crippen LogP contribution in [0.15, 0.2) is 54.9 Å². The molecule has 0 spiro atoms. The van der Waals surface area contributed by atoms with Gasteiger partial charge in [-0.2, -0.15) is 5.10 Å². The van der Waals surface area contributed by atoms with Crippen LogP contribution < -0.4 is 25.2 Å². The van der Waals surface area contributed by atoms with E-state index in [0.717, 1.165) is 55.6 Å². The number of aromatic nitrogens is 5. The fourth-order valence-electron chi connectivity index (χ4n) is 7.43. The highest BCUT2D eigenvalue weighted by Crippen LogP contribution is 2.34. The second-order valence-electron chi connectivity index (χ2n) is 14.9. The Morgan fingerprint density at radius 2 is 1.71 bits per heavy atom. The van der Waals surface area contributed by atoms with Gasteiger partial charge >= 0.3 is 6.03 Å². The van der Waals surface area contributed by atoms with Crippen LogP contribution in [0.4, 0.5) is 30.9 Å². The first-order valence-corrected chi connectivity index (χ1v) is 19.2. The monoisotopic (exact) mass is 770 g/mol. The number of hydrogen-bond acceptors (Lipinski definition) is 9. The van der Waals surface area contributed by atoms with E-state index < -0.39 is 24.1 Å². The van der Waals surface area contributed by atoms with Gasteiger partial charge in [-0.25, -0.2) is 23.5 Å². The Balaban J connectivity index is 0.000000175. The number of fused-ring (bicyclic) bond motifs is 2. The van der Waals surface area contributed by atoms with Crippen LogP contribution in [-0.4, -0.2) is 92.8 Å². The van der Waals surface area contributed by atoms with Crippen molar-refractivity contribution in [1.82, 2.24) is 34.4 Å². The number of pyridine rings is 2. The smallest absolute Gasteiger partial charge is 0.329 e. The summed E-state index contributed by atoms with van der Waals surface area (Å²) in [5, 5.41) is 10.4. The lowest BCUT2D eigenvalue weighted by Gasteiger charge is -2.34. The first-order valence-electron chi connectivity index (χ1n) is 19.2. The van der Waals surface area contributed by atoms with Crippen LogP contribution in [0.25, 0.3) is 16.6 Å². The summed E-state index contributed by atoms with van der Waals surface area (Å²) in [5.41, 5.74) is 3.80. The fraction of sp³-hybridized carbons (Fsp3) is 0.450. The number of amides is 4. The topological polar surface area (TPSA) is 142 Å². The maximum absolute atomic E-state index is 13.0. The Hall–Kier alpha value is -5.64. The van der Waals surface area contributed by atoms with Crippen LogP contribution in [0.2, 0.25) is 0 Å². The summed E-state index contributed by atoms with van der Waals surface area (Å²) in [5.74, 6) is 0.773. The molecular formula is C40H48F2N10O4. The summed E-state index contributed by atoms with van der Waals surface area (Å²) < 4.78 is 35.4. The van der Waals surface area contributed by atoms with Crippen molar-refractivity contribution < 1.29 is 27.9 Å². The third kappa shape index (κ3) is 8.59. The number of anilines is 3. The SMILES string of the molecule is CC(C)Oc1cc2nc(C3CCCCC3)cn2cc1C(=O)Nc1cccc(C(F)F)n1.CN1CCN(c2ccc3c(N4CCC(=O)NC4=O)nn(C)c3c2)CC1. The Bertz CT molecular complexity index is 2220. The minimum Gasteiger partial charge on any atom is -0.490 e. The predicted octanol–water partition coefficient (Wildman–Crippen LogP) is 6.53. The molecule has 0 bridgehead atoms. The molecule has 0 atom stereocenters. The molecule has 6 heterocycles. The van der Waals surface area contributed by atoms with E-state index in [1.54, 1.807) is 21.8 Å². The average Bonchev–Trinajstić information content (AvgIpc) is 3.75. The van der Waals surface area contributed by atoms with Crippen molar-refractivity contribution in [2.24, 2.45) is 7.05 Å². The second kappa shape index (κ2) is 16.6. The summed E-state index contributed by atoms with van der Waals surface area (Å²) in [6.45, 7) is 8.22. The standard InChI is InChI=1S/C23H26F2N4O2.C17H22N6O2/c1-14(2)31-19-11-21-27-18(15-7-4-3-5-8-15)13-29(21)12-16(19)23(30)28-20-10-6-9-17(26-20)22(24)25;1-20-7-9-22(10-8-20)12-3-4-13-14(11-12)21(2)19-16(13)23-6-5-15(24)18-17(23)25/h6,9-15,22H,3-5,7-8H2,1-2H3,(H,26,28,30);3-4,11H,5-10H2,1-2H3,(H,18,24,25). The Morgan fingerprint density at radius 1 is 0.946 bits per heavy atom. The molecular weight excluding hydrogens is 723 g/mol. The number of urea groups is 1. The lowest BCUT2D eigenvalue weighted by Crippen LogP contribution is -2.49. The lowest BCUT2D eigenvalue weighted by molar-refractivity contribution is -0.120. The number of aryl methyl sites for hydroxylation is 1. The second-order valence-corrected chi connectivity index (χ2v) is 14.9. The molecule has 3 fully saturated rings. The largest absolute Gasteiger partial charge is 0.490 e. The minimum atomic E-state index is -2.71. The Labute approximate surface area is 323 Å². The number of benzene rings is 1. The molecule has 5 aromatic rings. The summed E-state index contributed by atoms with van der Waals surface area (Å²) >= 11 is 0. The number of hydrogen-bond donors (Lipinski definition) is 2. The van der Waals surface area contributed by atoms with Crippen molar-refractivity contribution >= 4 is 51.7 Å². The quantitative estimate of drug-likeness (QED) is 0.180. The molecule has 1 aromatic carbocycles. The third-order valence-corrected chi connectivity index (χ3v) is 10.4. The minimum absolute atomic E-state index is 0.0620. The molecule has 2 saturated heterocycles. The van der Waals surface area contributed by atoms with E-state index in [2.05, 4.69) is 49.7 Å². The highest BCUT2D eigenvalue weighted by Gasteiger charge is 2.28. The van der Waals surface area contributed by atoms with E-state index in [4.69, 9.17) is 9.72 Å².